The number of aromatic nitrogens is 3. The zero-order valence-corrected chi connectivity index (χ0v) is 18.7. The number of amides is 1. The van der Waals surface area contributed by atoms with Crippen LogP contribution in [-0.2, 0) is 11.3 Å². The number of nitrogens with zero attached hydrogens (tertiary/aromatic N) is 4. The lowest BCUT2D eigenvalue weighted by Gasteiger charge is -2.21. The fourth-order valence-corrected chi connectivity index (χ4v) is 4.33. The average molecular weight is 447 g/mol. The first-order valence-electron chi connectivity index (χ1n) is 10.3. The molecule has 1 heterocycles. The zero-order valence-electron chi connectivity index (χ0n) is 17.9. The molecule has 0 spiro atoms. The molecule has 5 nitrogen and oxygen atoms in total. The minimum Gasteiger partial charge on any atom is -0.315 e. The topological polar surface area (TPSA) is 51.0 Å². The number of halogens is 1. The lowest BCUT2D eigenvalue weighted by molar-refractivity contribution is -0.117. The van der Waals surface area contributed by atoms with Gasteiger partial charge in [0.1, 0.15) is 5.82 Å². The van der Waals surface area contributed by atoms with Crippen LogP contribution in [0.3, 0.4) is 0 Å². The van der Waals surface area contributed by atoms with Crippen LogP contribution in [0.15, 0.2) is 90.1 Å². The quantitative estimate of drug-likeness (QED) is 0.363. The van der Waals surface area contributed by atoms with E-state index in [0.29, 0.717) is 23.1 Å². The van der Waals surface area contributed by atoms with Crippen molar-refractivity contribution in [1.82, 2.24) is 14.8 Å². The Morgan fingerprint density at radius 2 is 1.59 bits per heavy atom. The van der Waals surface area contributed by atoms with Crippen molar-refractivity contribution in [1.29, 1.82) is 0 Å². The van der Waals surface area contributed by atoms with Crippen molar-refractivity contribution in [3.05, 3.63) is 96.3 Å². The number of para-hydroxylation sites is 1. The summed E-state index contributed by atoms with van der Waals surface area (Å²) in [6.45, 7) is 2.31. The van der Waals surface area contributed by atoms with Gasteiger partial charge in [-0.05, 0) is 36.8 Å². The van der Waals surface area contributed by atoms with Crippen LogP contribution in [0.2, 0.25) is 0 Å². The van der Waals surface area contributed by atoms with Gasteiger partial charge in [0.25, 0.3) is 0 Å². The molecule has 1 unspecified atom stereocenters. The normalized spacial score (nSPS) is 11.8. The van der Waals surface area contributed by atoms with Crippen LogP contribution in [0.1, 0.15) is 12.5 Å². The molecule has 1 aromatic heterocycles. The van der Waals surface area contributed by atoms with E-state index >= 15 is 0 Å². The van der Waals surface area contributed by atoms with Crippen LogP contribution in [0.5, 0.6) is 0 Å². The molecule has 162 valence electrons. The van der Waals surface area contributed by atoms with Crippen molar-refractivity contribution < 1.29 is 9.18 Å². The molecule has 4 aromatic rings. The van der Waals surface area contributed by atoms with Gasteiger partial charge in [-0.25, -0.2) is 4.39 Å². The lowest BCUT2D eigenvalue weighted by Crippen LogP contribution is -2.33. The Bertz CT molecular complexity index is 1200. The SMILES string of the molecule is CC(Sc1nnc(-c2ccccc2F)n1Cc1ccccc1)C(=O)N(C)c1ccccc1. The predicted molar refractivity (Wildman–Crippen MR) is 126 cm³/mol. The fourth-order valence-electron chi connectivity index (χ4n) is 3.39. The van der Waals surface area contributed by atoms with Gasteiger partial charge in [0.15, 0.2) is 11.0 Å². The van der Waals surface area contributed by atoms with Crippen molar-refractivity contribution in [2.45, 2.75) is 23.9 Å². The molecule has 0 N–H and O–H groups in total. The number of thioether (sulfide) groups is 1. The highest BCUT2D eigenvalue weighted by molar-refractivity contribution is 8.00. The summed E-state index contributed by atoms with van der Waals surface area (Å²) in [5.41, 5.74) is 2.23. The molecular formula is C25H23FN4OS. The molecule has 0 fully saturated rings. The van der Waals surface area contributed by atoms with Crippen LogP contribution in [0, 0.1) is 5.82 Å². The van der Waals surface area contributed by atoms with Gasteiger partial charge in [-0.2, -0.15) is 0 Å². The zero-order chi connectivity index (χ0) is 22.5. The maximum Gasteiger partial charge on any atom is 0.240 e. The number of rotatable bonds is 7. The largest absolute Gasteiger partial charge is 0.315 e. The molecule has 1 amide bonds. The third-order valence-corrected chi connectivity index (χ3v) is 6.19. The molecule has 32 heavy (non-hydrogen) atoms. The summed E-state index contributed by atoms with van der Waals surface area (Å²) in [7, 11) is 1.76. The summed E-state index contributed by atoms with van der Waals surface area (Å²) in [5, 5.41) is 8.76. The monoisotopic (exact) mass is 446 g/mol. The Hall–Kier alpha value is -3.45. The van der Waals surface area contributed by atoms with Crippen molar-refractivity contribution in [3.8, 4) is 11.4 Å². The van der Waals surface area contributed by atoms with Crippen LogP contribution >= 0.6 is 11.8 Å². The molecule has 0 saturated carbocycles. The average Bonchev–Trinajstić information content (AvgIpc) is 3.21. The third kappa shape index (κ3) is 4.73. The van der Waals surface area contributed by atoms with E-state index in [0.717, 1.165) is 11.3 Å². The predicted octanol–water partition coefficient (Wildman–Crippen LogP) is 5.28. The summed E-state index contributed by atoms with van der Waals surface area (Å²) in [6.07, 6.45) is 0. The minimum absolute atomic E-state index is 0.0529. The Kier molecular flexibility index (Phi) is 6.66. The first-order chi connectivity index (χ1) is 15.5. The number of carbonyl (C=O) groups is 1. The van der Waals surface area contributed by atoms with E-state index in [1.165, 1.54) is 17.8 Å². The Morgan fingerprint density at radius 1 is 0.969 bits per heavy atom. The Labute approximate surface area is 190 Å². The summed E-state index contributed by atoms with van der Waals surface area (Å²) < 4.78 is 16.4. The van der Waals surface area contributed by atoms with Crippen LogP contribution < -0.4 is 4.90 Å². The van der Waals surface area contributed by atoms with Crippen molar-refractivity contribution >= 4 is 23.4 Å². The second-order valence-electron chi connectivity index (χ2n) is 7.35. The van der Waals surface area contributed by atoms with Gasteiger partial charge in [0.05, 0.1) is 17.4 Å². The Morgan fingerprint density at radius 3 is 2.28 bits per heavy atom. The number of benzene rings is 3. The molecule has 0 aliphatic carbocycles. The van der Waals surface area contributed by atoms with Gasteiger partial charge in [0, 0.05) is 12.7 Å². The van der Waals surface area contributed by atoms with Crippen molar-refractivity contribution in [2.24, 2.45) is 0 Å². The van der Waals surface area contributed by atoms with Crippen LogP contribution in [0.4, 0.5) is 10.1 Å². The van der Waals surface area contributed by atoms with Gasteiger partial charge in [0.2, 0.25) is 5.91 Å². The molecule has 0 bridgehead atoms. The second kappa shape index (κ2) is 9.78. The number of anilines is 1. The molecule has 3 aromatic carbocycles. The van der Waals surface area contributed by atoms with E-state index in [1.54, 1.807) is 30.1 Å². The van der Waals surface area contributed by atoms with Crippen LogP contribution in [-0.4, -0.2) is 33.0 Å². The smallest absolute Gasteiger partial charge is 0.240 e. The lowest BCUT2D eigenvalue weighted by atomic mass is 10.2. The van der Waals surface area contributed by atoms with Gasteiger partial charge in [-0.15, -0.1) is 10.2 Å². The van der Waals surface area contributed by atoms with E-state index in [1.807, 2.05) is 72.2 Å². The highest BCUT2D eigenvalue weighted by atomic mass is 32.2. The summed E-state index contributed by atoms with van der Waals surface area (Å²) >= 11 is 1.32. The van der Waals surface area contributed by atoms with E-state index < -0.39 is 5.25 Å². The maximum absolute atomic E-state index is 14.5. The number of carbonyl (C=O) groups excluding carboxylic acids is 1. The summed E-state index contributed by atoms with van der Waals surface area (Å²) in [5.74, 6) is 0.0205. The van der Waals surface area contributed by atoms with E-state index in [9.17, 15) is 9.18 Å². The fraction of sp³-hybridized carbons (Fsp3) is 0.160. The molecular weight excluding hydrogens is 423 g/mol. The third-order valence-electron chi connectivity index (χ3n) is 5.12. The van der Waals surface area contributed by atoms with Crippen molar-refractivity contribution in [3.63, 3.8) is 0 Å². The van der Waals surface area contributed by atoms with Gasteiger partial charge >= 0.3 is 0 Å². The molecule has 0 aliphatic heterocycles. The standard InChI is InChI=1S/C25H23FN4OS/c1-18(24(31)29(2)20-13-7-4-8-14-20)32-25-28-27-23(21-15-9-10-16-22(21)26)30(25)17-19-11-5-3-6-12-19/h3-16,18H,17H2,1-2H3. The van der Waals surface area contributed by atoms with Gasteiger partial charge in [-0.1, -0.05) is 72.4 Å². The molecule has 0 aliphatic rings. The number of hydrogen-bond donors (Lipinski definition) is 0. The van der Waals surface area contributed by atoms with E-state index in [-0.39, 0.29) is 11.7 Å². The molecule has 4 rings (SSSR count). The number of hydrogen-bond acceptors (Lipinski definition) is 4. The highest BCUT2D eigenvalue weighted by Crippen LogP contribution is 2.30. The summed E-state index contributed by atoms with van der Waals surface area (Å²) in [4.78, 5) is 14.7. The van der Waals surface area contributed by atoms with Gasteiger partial charge in [-0.3, -0.25) is 9.36 Å². The minimum atomic E-state index is -0.410. The first-order valence-corrected chi connectivity index (χ1v) is 11.1. The molecule has 0 saturated heterocycles. The first kappa shape index (κ1) is 21.8. The van der Waals surface area contributed by atoms with E-state index in [4.69, 9.17) is 0 Å². The molecule has 0 radical (unpaired) electrons. The maximum atomic E-state index is 14.5. The second-order valence-corrected chi connectivity index (χ2v) is 8.66. The van der Waals surface area contributed by atoms with E-state index in [2.05, 4.69) is 10.2 Å². The summed E-state index contributed by atoms with van der Waals surface area (Å²) in [6, 6.07) is 25.9. The van der Waals surface area contributed by atoms with Crippen LogP contribution in [0.25, 0.3) is 11.4 Å². The highest BCUT2D eigenvalue weighted by Gasteiger charge is 2.24. The van der Waals surface area contributed by atoms with Crippen molar-refractivity contribution in [2.75, 3.05) is 11.9 Å². The molecule has 1 atom stereocenters. The molecule has 7 heteroatoms. The van der Waals surface area contributed by atoms with Gasteiger partial charge < -0.3 is 4.90 Å². The Balaban J connectivity index is 1.64.